The number of nitro groups is 1. The molecule has 1 atom stereocenters. The third-order valence-corrected chi connectivity index (χ3v) is 5.33. The molecule has 0 fully saturated rings. The van der Waals surface area contributed by atoms with Gasteiger partial charge in [0, 0.05) is 38.7 Å². The maximum Gasteiger partial charge on any atom is 0.329 e. The highest BCUT2D eigenvalue weighted by Crippen LogP contribution is 2.23. The lowest BCUT2D eigenvalue weighted by atomic mass is 10.1. The Kier molecular flexibility index (Phi) is 5.81. The first kappa shape index (κ1) is 20.3. The Morgan fingerprint density at radius 2 is 1.79 bits per heavy atom. The summed E-state index contributed by atoms with van der Waals surface area (Å²) in [5, 5.41) is 11.0. The summed E-state index contributed by atoms with van der Waals surface area (Å²) in [6.45, 7) is 4.57. The fraction of sp³-hybridized carbons (Fsp3) is 0.333. The number of hydrogen-bond donors (Lipinski definition) is 0. The van der Waals surface area contributed by atoms with Crippen molar-refractivity contribution < 1.29 is 9.72 Å². The lowest BCUT2D eigenvalue weighted by Crippen LogP contribution is -2.32. The van der Waals surface area contributed by atoms with Gasteiger partial charge >= 0.3 is 5.69 Å². The van der Waals surface area contributed by atoms with E-state index in [1.165, 1.54) is 12.1 Å². The standard InChI is InChI=1S/C21H24N4O4/c1-4-23-18-10-5-6-11-19(18)24(21(23)27)13-12-20(26)22(3)15(2)16-8-7-9-17(14-16)25(28)29/h5-11,14-15H,4,12-13H2,1-3H3. The molecule has 0 aliphatic heterocycles. The van der Waals surface area contributed by atoms with Crippen LogP contribution in [0.1, 0.15) is 31.9 Å². The zero-order valence-corrected chi connectivity index (χ0v) is 16.7. The van der Waals surface area contributed by atoms with Gasteiger partial charge in [-0.2, -0.15) is 0 Å². The number of carbonyl (C=O) groups excluding carboxylic acids is 1. The number of non-ortho nitro benzene ring substituents is 1. The van der Waals surface area contributed by atoms with E-state index in [4.69, 9.17) is 0 Å². The van der Waals surface area contributed by atoms with Crippen molar-refractivity contribution in [1.82, 2.24) is 14.0 Å². The summed E-state index contributed by atoms with van der Waals surface area (Å²) in [5.74, 6) is -0.135. The Labute approximate surface area is 168 Å². The van der Waals surface area contributed by atoms with E-state index in [2.05, 4.69) is 0 Å². The molecule has 1 heterocycles. The molecule has 1 aromatic heterocycles. The molecular formula is C21H24N4O4. The molecule has 0 bridgehead atoms. The van der Waals surface area contributed by atoms with Gasteiger partial charge in [0.2, 0.25) is 5.91 Å². The molecular weight excluding hydrogens is 372 g/mol. The zero-order valence-electron chi connectivity index (χ0n) is 16.7. The summed E-state index contributed by atoms with van der Waals surface area (Å²) in [5.41, 5.74) is 2.21. The topological polar surface area (TPSA) is 90.4 Å². The number of carbonyl (C=O) groups is 1. The molecule has 0 radical (unpaired) electrons. The fourth-order valence-electron chi connectivity index (χ4n) is 3.52. The van der Waals surface area contributed by atoms with Crippen LogP contribution in [0.5, 0.6) is 0 Å². The summed E-state index contributed by atoms with van der Waals surface area (Å²) in [6.07, 6.45) is 0.160. The summed E-state index contributed by atoms with van der Waals surface area (Å²) in [4.78, 5) is 37.5. The molecule has 0 saturated carbocycles. The number of rotatable bonds is 7. The molecule has 0 saturated heterocycles. The van der Waals surface area contributed by atoms with Crippen molar-refractivity contribution >= 4 is 22.6 Å². The van der Waals surface area contributed by atoms with E-state index in [0.29, 0.717) is 12.1 Å². The third-order valence-electron chi connectivity index (χ3n) is 5.33. The molecule has 29 heavy (non-hydrogen) atoms. The van der Waals surface area contributed by atoms with E-state index >= 15 is 0 Å². The average Bonchev–Trinajstić information content (AvgIpc) is 3.01. The fourth-order valence-corrected chi connectivity index (χ4v) is 3.52. The number of nitrogens with zero attached hydrogens (tertiary/aromatic N) is 4. The maximum atomic E-state index is 12.7. The number of fused-ring (bicyclic) bond motifs is 1. The van der Waals surface area contributed by atoms with E-state index in [1.54, 1.807) is 33.2 Å². The first-order chi connectivity index (χ1) is 13.8. The lowest BCUT2D eigenvalue weighted by Gasteiger charge is -2.25. The van der Waals surface area contributed by atoms with Crippen molar-refractivity contribution in [2.45, 2.75) is 39.4 Å². The van der Waals surface area contributed by atoms with Crippen molar-refractivity contribution in [2.75, 3.05) is 7.05 Å². The van der Waals surface area contributed by atoms with E-state index < -0.39 is 4.92 Å². The number of para-hydroxylation sites is 2. The first-order valence-electron chi connectivity index (χ1n) is 9.53. The number of benzene rings is 2. The SMILES string of the molecule is CCn1c(=O)n(CCC(=O)N(C)C(C)c2cccc([N+](=O)[O-])c2)c2ccccc21. The minimum absolute atomic E-state index is 0.00544. The van der Waals surface area contributed by atoms with Crippen molar-refractivity contribution in [3.8, 4) is 0 Å². The quantitative estimate of drug-likeness (QED) is 0.452. The van der Waals surface area contributed by atoms with Gasteiger partial charge in [0.25, 0.3) is 5.69 Å². The van der Waals surface area contributed by atoms with Crippen molar-refractivity contribution in [1.29, 1.82) is 0 Å². The van der Waals surface area contributed by atoms with Crippen LogP contribution in [0.25, 0.3) is 11.0 Å². The maximum absolute atomic E-state index is 12.7. The van der Waals surface area contributed by atoms with Gasteiger partial charge in [-0.05, 0) is 31.5 Å². The normalized spacial score (nSPS) is 12.1. The van der Waals surface area contributed by atoms with Gasteiger partial charge in [-0.25, -0.2) is 4.79 Å². The molecule has 0 aliphatic carbocycles. The second-order valence-corrected chi connectivity index (χ2v) is 6.95. The van der Waals surface area contributed by atoms with Crippen LogP contribution in [0.2, 0.25) is 0 Å². The van der Waals surface area contributed by atoms with Gasteiger partial charge in [0.1, 0.15) is 0 Å². The second kappa shape index (κ2) is 8.30. The summed E-state index contributed by atoms with van der Waals surface area (Å²) >= 11 is 0. The number of nitro benzene ring substituents is 1. The average molecular weight is 396 g/mol. The van der Waals surface area contributed by atoms with E-state index in [-0.39, 0.29) is 36.3 Å². The van der Waals surface area contributed by atoms with Gasteiger partial charge < -0.3 is 4.90 Å². The highest BCUT2D eigenvalue weighted by atomic mass is 16.6. The Bertz CT molecular complexity index is 1120. The van der Waals surface area contributed by atoms with Crippen LogP contribution >= 0.6 is 0 Å². The van der Waals surface area contributed by atoms with Crippen molar-refractivity contribution in [2.24, 2.45) is 0 Å². The number of hydrogen-bond acceptors (Lipinski definition) is 4. The highest BCUT2D eigenvalue weighted by Gasteiger charge is 2.20. The Morgan fingerprint density at radius 3 is 2.41 bits per heavy atom. The van der Waals surface area contributed by atoms with Crippen LogP contribution in [0.15, 0.2) is 53.3 Å². The van der Waals surface area contributed by atoms with Gasteiger partial charge in [0.05, 0.1) is 22.0 Å². The van der Waals surface area contributed by atoms with Crippen LogP contribution in [-0.2, 0) is 17.9 Å². The number of aryl methyl sites for hydroxylation is 2. The first-order valence-corrected chi connectivity index (χ1v) is 9.53. The molecule has 3 aromatic rings. The summed E-state index contributed by atoms with van der Waals surface area (Å²) in [7, 11) is 1.67. The number of amides is 1. The lowest BCUT2D eigenvalue weighted by molar-refractivity contribution is -0.384. The van der Waals surface area contributed by atoms with Crippen LogP contribution in [0, 0.1) is 10.1 Å². The van der Waals surface area contributed by atoms with Gasteiger partial charge in [-0.3, -0.25) is 24.0 Å². The molecule has 0 spiro atoms. The minimum Gasteiger partial charge on any atom is -0.339 e. The van der Waals surface area contributed by atoms with Gasteiger partial charge in [-0.15, -0.1) is 0 Å². The Morgan fingerprint density at radius 1 is 1.14 bits per heavy atom. The molecule has 1 amide bonds. The predicted octanol–water partition coefficient (Wildman–Crippen LogP) is 3.34. The largest absolute Gasteiger partial charge is 0.339 e. The molecule has 0 aliphatic rings. The highest BCUT2D eigenvalue weighted by molar-refractivity contribution is 5.78. The van der Waals surface area contributed by atoms with Crippen molar-refractivity contribution in [3.63, 3.8) is 0 Å². The van der Waals surface area contributed by atoms with E-state index in [1.807, 2.05) is 38.1 Å². The molecule has 152 valence electrons. The molecule has 0 N–H and O–H groups in total. The molecule has 1 unspecified atom stereocenters. The third kappa shape index (κ3) is 3.91. The monoisotopic (exact) mass is 396 g/mol. The van der Waals surface area contributed by atoms with Crippen LogP contribution in [0.3, 0.4) is 0 Å². The van der Waals surface area contributed by atoms with Gasteiger partial charge in [-0.1, -0.05) is 24.3 Å². The van der Waals surface area contributed by atoms with Gasteiger partial charge in [0.15, 0.2) is 0 Å². The predicted molar refractivity (Wildman–Crippen MR) is 111 cm³/mol. The molecule has 3 rings (SSSR count). The second-order valence-electron chi connectivity index (χ2n) is 6.95. The minimum atomic E-state index is -0.450. The number of imidazole rings is 1. The van der Waals surface area contributed by atoms with E-state index in [0.717, 1.165) is 11.0 Å². The smallest absolute Gasteiger partial charge is 0.329 e. The molecule has 2 aromatic carbocycles. The van der Waals surface area contributed by atoms with Crippen LogP contribution in [-0.4, -0.2) is 31.9 Å². The van der Waals surface area contributed by atoms with E-state index in [9.17, 15) is 19.7 Å². The number of aromatic nitrogens is 2. The molecule has 8 nitrogen and oxygen atoms in total. The Hall–Kier alpha value is -3.42. The summed E-state index contributed by atoms with van der Waals surface area (Å²) in [6, 6.07) is 13.5. The van der Waals surface area contributed by atoms with Crippen LogP contribution < -0.4 is 5.69 Å². The summed E-state index contributed by atoms with van der Waals surface area (Å²) < 4.78 is 3.32. The van der Waals surface area contributed by atoms with Crippen molar-refractivity contribution in [3.05, 3.63) is 74.7 Å². The molecule has 8 heteroatoms. The Balaban J connectivity index is 1.77. The zero-order chi connectivity index (χ0) is 21.1. The van der Waals surface area contributed by atoms with Crippen LogP contribution in [0.4, 0.5) is 5.69 Å².